The van der Waals surface area contributed by atoms with Crippen LogP contribution in [0.1, 0.15) is 12.5 Å². The van der Waals surface area contributed by atoms with Crippen molar-refractivity contribution in [2.24, 2.45) is 15.0 Å². The highest BCUT2D eigenvalue weighted by molar-refractivity contribution is 5.84. The third-order valence-electron chi connectivity index (χ3n) is 2.99. The third kappa shape index (κ3) is 5.63. The minimum absolute atomic E-state index is 0.868. The molecule has 1 aromatic heterocycles. The van der Waals surface area contributed by atoms with Gasteiger partial charge >= 0.3 is 0 Å². The van der Waals surface area contributed by atoms with Gasteiger partial charge in [-0.05, 0) is 67.3 Å². The van der Waals surface area contributed by atoms with E-state index < -0.39 is 0 Å². The number of hydrogen-bond acceptors (Lipinski definition) is 4. The first-order chi connectivity index (χ1) is 11.3. The maximum absolute atomic E-state index is 4.42. The van der Waals surface area contributed by atoms with Crippen LogP contribution in [0.2, 0.25) is 0 Å². The Morgan fingerprint density at radius 1 is 1.00 bits per heavy atom. The van der Waals surface area contributed by atoms with E-state index in [0.717, 1.165) is 22.5 Å². The SMILES string of the molecule is C=N\C=C/C(/C=N/c1ccc(/N=C/c2ccncc2)cc1)=C\C. The molecular weight excluding hydrogens is 284 g/mol. The Morgan fingerprint density at radius 2 is 1.65 bits per heavy atom. The molecule has 23 heavy (non-hydrogen) atoms. The van der Waals surface area contributed by atoms with Crippen molar-refractivity contribution in [1.29, 1.82) is 0 Å². The maximum Gasteiger partial charge on any atom is 0.0631 e. The average molecular weight is 302 g/mol. The van der Waals surface area contributed by atoms with Crippen LogP contribution >= 0.6 is 0 Å². The van der Waals surface area contributed by atoms with E-state index in [0.29, 0.717) is 0 Å². The average Bonchev–Trinajstić information content (AvgIpc) is 2.62. The summed E-state index contributed by atoms with van der Waals surface area (Å²) in [6.07, 6.45) is 12.5. The molecule has 0 bridgehead atoms. The van der Waals surface area contributed by atoms with Gasteiger partial charge < -0.3 is 0 Å². The minimum atomic E-state index is 0.868. The summed E-state index contributed by atoms with van der Waals surface area (Å²) < 4.78 is 0. The van der Waals surface area contributed by atoms with Crippen molar-refractivity contribution in [3.63, 3.8) is 0 Å². The number of nitrogens with zero attached hydrogens (tertiary/aromatic N) is 4. The van der Waals surface area contributed by atoms with Gasteiger partial charge in [0.1, 0.15) is 0 Å². The van der Waals surface area contributed by atoms with Crippen molar-refractivity contribution >= 4 is 30.5 Å². The summed E-state index contributed by atoms with van der Waals surface area (Å²) in [5.74, 6) is 0. The van der Waals surface area contributed by atoms with E-state index in [1.807, 2.05) is 61.7 Å². The summed E-state index contributed by atoms with van der Waals surface area (Å²) in [4.78, 5) is 16.5. The van der Waals surface area contributed by atoms with Gasteiger partial charge in [-0.25, -0.2) is 0 Å². The molecule has 0 radical (unpaired) electrons. The third-order valence-corrected chi connectivity index (χ3v) is 2.99. The van der Waals surface area contributed by atoms with E-state index in [2.05, 4.69) is 26.7 Å². The summed E-state index contributed by atoms with van der Waals surface area (Å²) >= 11 is 0. The zero-order chi connectivity index (χ0) is 16.3. The fraction of sp³-hybridized carbons (Fsp3) is 0.0526. The molecule has 1 heterocycles. The van der Waals surface area contributed by atoms with Gasteiger partial charge in [-0.2, -0.15) is 0 Å². The Hall–Kier alpha value is -3.14. The number of benzene rings is 1. The highest BCUT2D eigenvalue weighted by Gasteiger charge is 1.92. The van der Waals surface area contributed by atoms with Crippen LogP contribution in [0.5, 0.6) is 0 Å². The van der Waals surface area contributed by atoms with Crippen molar-refractivity contribution in [3.05, 3.63) is 78.3 Å². The largest absolute Gasteiger partial charge is 0.272 e. The second-order valence-electron chi connectivity index (χ2n) is 4.60. The molecule has 0 atom stereocenters. The van der Waals surface area contributed by atoms with Crippen LogP contribution in [0.25, 0.3) is 0 Å². The van der Waals surface area contributed by atoms with Crippen LogP contribution < -0.4 is 0 Å². The number of pyridine rings is 1. The van der Waals surface area contributed by atoms with E-state index in [9.17, 15) is 0 Å². The molecule has 114 valence electrons. The van der Waals surface area contributed by atoms with Gasteiger partial charge in [0.25, 0.3) is 0 Å². The van der Waals surface area contributed by atoms with E-state index in [-0.39, 0.29) is 0 Å². The van der Waals surface area contributed by atoms with Crippen molar-refractivity contribution in [1.82, 2.24) is 4.98 Å². The van der Waals surface area contributed by atoms with Gasteiger partial charge in [-0.15, -0.1) is 0 Å². The van der Waals surface area contributed by atoms with Crippen LogP contribution in [0.4, 0.5) is 11.4 Å². The molecule has 1 aromatic carbocycles. The molecule has 0 aliphatic carbocycles. The summed E-state index contributed by atoms with van der Waals surface area (Å²) in [6.45, 7) is 5.36. The predicted octanol–water partition coefficient (Wildman–Crippen LogP) is 4.70. The molecule has 0 unspecified atom stereocenters. The molecule has 0 amide bonds. The number of allylic oxidation sites excluding steroid dienone is 3. The summed E-state index contributed by atoms with van der Waals surface area (Å²) in [6, 6.07) is 11.5. The molecule has 0 saturated carbocycles. The second-order valence-corrected chi connectivity index (χ2v) is 4.60. The zero-order valence-electron chi connectivity index (χ0n) is 13.0. The standard InChI is InChI=1S/C19H18N4/c1-3-16(8-11-20-2)14-22-18-4-6-19(7-5-18)23-15-17-9-12-21-13-10-17/h3-15H,2H2,1H3/b11-8-,16-3+,22-14+,23-15+. The molecule has 2 rings (SSSR count). The van der Waals surface area contributed by atoms with E-state index in [1.165, 1.54) is 0 Å². The molecule has 4 heteroatoms. The van der Waals surface area contributed by atoms with Gasteiger partial charge in [0.05, 0.1) is 11.4 Å². The summed E-state index contributed by atoms with van der Waals surface area (Å²) in [5, 5.41) is 0. The molecule has 0 fully saturated rings. The van der Waals surface area contributed by atoms with Crippen molar-refractivity contribution in [2.75, 3.05) is 0 Å². The summed E-state index contributed by atoms with van der Waals surface area (Å²) in [7, 11) is 0. The van der Waals surface area contributed by atoms with Gasteiger partial charge in [0.15, 0.2) is 0 Å². The fourth-order valence-corrected chi connectivity index (χ4v) is 1.72. The maximum atomic E-state index is 4.42. The highest BCUT2D eigenvalue weighted by atomic mass is 14.7. The number of rotatable bonds is 6. The van der Waals surface area contributed by atoms with Crippen molar-refractivity contribution < 1.29 is 0 Å². The van der Waals surface area contributed by atoms with Crippen LogP contribution in [0.3, 0.4) is 0 Å². The van der Waals surface area contributed by atoms with E-state index >= 15 is 0 Å². The van der Waals surface area contributed by atoms with Crippen LogP contribution in [-0.4, -0.2) is 24.1 Å². The molecule has 0 aliphatic heterocycles. The zero-order valence-corrected chi connectivity index (χ0v) is 13.0. The van der Waals surface area contributed by atoms with Crippen molar-refractivity contribution in [3.8, 4) is 0 Å². The lowest BCUT2D eigenvalue weighted by Crippen LogP contribution is -1.80. The van der Waals surface area contributed by atoms with Crippen LogP contribution in [0.15, 0.2) is 87.7 Å². The molecule has 0 N–H and O–H groups in total. The predicted molar refractivity (Wildman–Crippen MR) is 98.5 cm³/mol. The first-order valence-corrected chi connectivity index (χ1v) is 7.19. The van der Waals surface area contributed by atoms with Crippen molar-refractivity contribution in [2.45, 2.75) is 6.92 Å². The molecule has 2 aromatic rings. The smallest absolute Gasteiger partial charge is 0.0631 e. The molecule has 0 spiro atoms. The van der Waals surface area contributed by atoms with Gasteiger partial charge in [0, 0.05) is 31.0 Å². The second kappa shape index (κ2) is 9.00. The van der Waals surface area contributed by atoms with Crippen LogP contribution in [-0.2, 0) is 0 Å². The van der Waals surface area contributed by atoms with E-state index in [1.54, 1.807) is 24.8 Å². The van der Waals surface area contributed by atoms with E-state index in [4.69, 9.17) is 0 Å². The Labute approximate surface area is 136 Å². The topological polar surface area (TPSA) is 50.0 Å². The van der Waals surface area contributed by atoms with Gasteiger partial charge in [-0.3, -0.25) is 20.0 Å². The van der Waals surface area contributed by atoms with Gasteiger partial charge in [0.2, 0.25) is 0 Å². The highest BCUT2D eigenvalue weighted by Crippen LogP contribution is 2.18. The Bertz CT molecular complexity index is 739. The van der Waals surface area contributed by atoms with Gasteiger partial charge in [-0.1, -0.05) is 6.08 Å². The normalized spacial score (nSPS) is 12.5. The Morgan fingerprint density at radius 3 is 2.26 bits per heavy atom. The fourth-order valence-electron chi connectivity index (χ4n) is 1.72. The quantitative estimate of drug-likeness (QED) is 0.564. The lowest BCUT2D eigenvalue weighted by molar-refractivity contribution is 1.32. The first kappa shape index (κ1) is 16.2. The van der Waals surface area contributed by atoms with Crippen LogP contribution in [0, 0.1) is 0 Å². The number of hydrogen-bond donors (Lipinski definition) is 0. The molecule has 0 saturated heterocycles. The summed E-state index contributed by atoms with van der Waals surface area (Å²) in [5.41, 5.74) is 3.73. The Kier molecular flexibility index (Phi) is 6.35. The first-order valence-electron chi connectivity index (χ1n) is 7.19. The molecule has 4 nitrogen and oxygen atoms in total. The molecular formula is C19H18N4. The minimum Gasteiger partial charge on any atom is -0.272 e. The Balaban J connectivity index is 2.03. The lowest BCUT2D eigenvalue weighted by Gasteiger charge is -1.97. The molecule has 0 aliphatic rings. The monoisotopic (exact) mass is 302 g/mol. The number of aromatic nitrogens is 1. The lowest BCUT2D eigenvalue weighted by atomic mass is 10.2. The number of aliphatic imine (C=N–C) groups is 3.